The maximum Gasteiger partial charge on any atom is 0.203 e. The van der Waals surface area contributed by atoms with Crippen LogP contribution in [0.25, 0.3) is 11.0 Å². The standard InChI is InChI=1S/C16H16BrN3/c1-20(11-10-12-6-2-3-7-13(12)17)16-18-14-8-4-5-9-15(14)19-16/h2-9H,10-11H2,1H3,(H,18,19). The van der Waals surface area contributed by atoms with Crippen molar-refractivity contribution in [3.8, 4) is 0 Å². The maximum atomic E-state index is 4.61. The molecule has 0 amide bonds. The zero-order valence-electron chi connectivity index (χ0n) is 11.3. The summed E-state index contributed by atoms with van der Waals surface area (Å²) in [5.74, 6) is 0.915. The van der Waals surface area contributed by atoms with Gasteiger partial charge in [-0.2, -0.15) is 0 Å². The molecule has 4 heteroatoms. The molecule has 0 aliphatic heterocycles. The number of aromatic amines is 1. The molecule has 102 valence electrons. The highest BCUT2D eigenvalue weighted by Crippen LogP contribution is 2.19. The zero-order chi connectivity index (χ0) is 13.9. The lowest BCUT2D eigenvalue weighted by molar-refractivity contribution is 0.848. The first-order chi connectivity index (χ1) is 9.74. The maximum absolute atomic E-state index is 4.61. The van der Waals surface area contributed by atoms with E-state index in [1.165, 1.54) is 5.56 Å². The van der Waals surface area contributed by atoms with Gasteiger partial charge in [-0.1, -0.05) is 46.3 Å². The number of nitrogens with one attached hydrogen (secondary N) is 1. The van der Waals surface area contributed by atoms with Crippen molar-refractivity contribution < 1.29 is 0 Å². The van der Waals surface area contributed by atoms with E-state index in [2.05, 4.69) is 56.0 Å². The highest BCUT2D eigenvalue weighted by Gasteiger charge is 2.07. The predicted molar refractivity (Wildman–Crippen MR) is 87.2 cm³/mol. The summed E-state index contributed by atoms with van der Waals surface area (Å²) in [7, 11) is 2.06. The minimum absolute atomic E-state index is 0.915. The number of para-hydroxylation sites is 2. The molecule has 2 aromatic carbocycles. The van der Waals surface area contributed by atoms with Crippen LogP contribution in [0.3, 0.4) is 0 Å². The normalized spacial score (nSPS) is 10.9. The third kappa shape index (κ3) is 2.70. The number of nitrogens with zero attached hydrogens (tertiary/aromatic N) is 2. The molecule has 3 nitrogen and oxygen atoms in total. The molecule has 0 unspecified atom stereocenters. The highest BCUT2D eigenvalue weighted by atomic mass is 79.9. The minimum atomic E-state index is 0.915. The lowest BCUT2D eigenvalue weighted by Gasteiger charge is -2.16. The van der Waals surface area contributed by atoms with E-state index in [9.17, 15) is 0 Å². The quantitative estimate of drug-likeness (QED) is 0.784. The van der Waals surface area contributed by atoms with Gasteiger partial charge in [0, 0.05) is 18.1 Å². The van der Waals surface area contributed by atoms with Crippen LogP contribution in [0.1, 0.15) is 5.56 Å². The van der Waals surface area contributed by atoms with Crippen LogP contribution in [-0.4, -0.2) is 23.6 Å². The number of halogens is 1. The van der Waals surface area contributed by atoms with Crippen LogP contribution in [0.15, 0.2) is 53.0 Å². The molecule has 1 heterocycles. The first kappa shape index (κ1) is 13.2. The number of anilines is 1. The Labute approximate surface area is 126 Å². The van der Waals surface area contributed by atoms with Gasteiger partial charge in [0.05, 0.1) is 11.0 Å². The van der Waals surface area contributed by atoms with Crippen molar-refractivity contribution in [2.24, 2.45) is 0 Å². The summed E-state index contributed by atoms with van der Waals surface area (Å²) < 4.78 is 1.16. The summed E-state index contributed by atoms with van der Waals surface area (Å²) in [5, 5.41) is 0. The average Bonchev–Trinajstić information content (AvgIpc) is 2.90. The van der Waals surface area contributed by atoms with E-state index >= 15 is 0 Å². The van der Waals surface area contributed by atoms with E-state index in [1.807, 2.05) is 30.3 Å². The van der Waals surface area contributed by atoms with Gasteiger partial charge < -0.3 is 9.88 Å². The second-order valence-electron chi connectivity index (χ2n) is 4.84. The summed E-state index contributed by atoms with van der Waals surface area (Å²) >= 11 is 3.59. The van der Waals surface area contributed by atoms with E-state index < -0.39 is 0 Å². The van der Waals surface area contributed by atoms with Gasteiger partial charge in [-0.05, 0) is 30.2 Å². The Morgan fingerprint density at radius 3 is 2.65 bits per heavy atom. The zero-order valence-corrected chi connectivity index (χ0v) is 12.9. The summed E-state index contributed by atoms with van der Waals surface area (Å²) in [6, 6.07) is 16.4. The van der Waals surface area contributed by atoms with E-state index in [0.29, 0.717) is 0 Å². The van der Waals surface area contributed by atoms with Crippen molar-refractivity contribution >= 4 is 32.9 Å². The summed E-state index contributed by atoms with van der Waals surface area (Å²) in [6.45, 7) is 0.919. The SMILES string of the molecule is CN(CCc1ccccc1Br)c1nc2ccccc2[nH]1. The lowest BCUT2D eigenvalue weighted by atomic mass is 10.1. The van der Waals surface area contributed by atoms with Crippen molar-refractivity contribution in [2.75, 3.05) is 18.5 Å². The second-order valence-corrected chi connectivity index (χ2v) is 5.69. The molecule has 0 radical (unpaired) electrons. The number of hydrogen-bond donors (Lipinski definition) is 1. The second kappa shape index (κ2) is 5.67. The van der Waals surface area contributed by atoms with Gasteiger partial charge in [-0.3, -0.25) is 0 Å². The fourth-order valence-corrected chi connectivity index (χ4v) is 2.70. The van der Waals surface area contributed by atoms with Gasteiger partial charge in [0.15, 0.2) is 0 Å². The van der Waals surface area contributed by atoms with Crippen LogP contribution in [0.2, 0.25) is 0 Å². The number of fused-ring (bicyclic) bond motifs is 1. The van der Waals surface area contributed by atoms with Crippen LogP contribution >= 0.6 is 15.9 Å². The largest absolute Gasteiger partial charge is 0.345 e. The van der Waals surface area contributed by atoms with Crippen LogP contribution in [0.5, 0.6) is 0 Å². The van der Waals surface area contributed by atoms with E-state index in [-0.39, 0.29) is 0 Å². The van der Waals surface area contributed by atoms with Crippen molar-refractivity contribution in [1.82, 2.24) is 9.97 Å². The van der Waals surface area contributed by atoms with Crippen LogP contribution in [0, 0.1) is 0 Å². The van der Waals surface area contributed by atoms with Crippen LogP contribution in [-0.2, 0) is 6.42 Å². The Kier molecular flexibility index (Phi) is 3.74. The number of benzene rings is 2. The molecule has 0 atom stereocenters. The first-order valence-corrected chi connectivity index (χ1v) is 7.42. The fraction of sp³-hybridized carbons (Fsp3) is 0.188. The monoisotopic (exact) mass is 329 g/mol. The van der Waals surface area contributed by atoms with Gasteiger partial charge in [-0.25, -0.2) is 4.98 Å². The average molecular weight is 330 g/mol. The van der Waals surface area contributed by atoms with E-state index in [0.717, 1.165) is 34.4 Å². The molecule has 0 bridgehead atoms. The minimum Gasteiger partial charge on any atom is -0.345 e. The van der Waals surface area contributed by atoms with Crippen molar-refractivity contribution in [3.63, 3.8) is 0 Å². The molecule has 0 fully saturated rings. The third-order valence-corrected chi connectivity index (χ3v) is 4.19. The molecule has 0 spiro atoms. The number of imidazole rings is 1. The Morgan fingerprint density at radius 2 is 1.85 bits per heavy atom. The molecular formula is C16H16BrN3. The predicted octanol–water partition coefficient (Wildman–Crippen LogP) is 4.00. The van der Waals surface area contributed by atoms with Crippen LogP contribution < -0.4 is 4.90 Å². The molecule has 1 N–H and O–H groups in total. The Bertz CT molecular complexity index is 687. The number of hydrogen-bond acceptors (Lipinski definition) is 2. The molecule has 3 aromatic rings. The molecular weight excluding hydrogens is 314 g/mol. The number of aromatic nitrogens is 2. The molecule has 0 saturated carbocycles. The first-order valence-electron chi connectivity index (χ1n) is 6.63. The van der Waals surface area contributed by atoms with Gasteiger partial charge in [0.2, 0.25) is 5.95 Å². The smallest absolute Gasteiger partial charge is 0.203 e. The van der Waals surface area contributed by atoms with Crippen molar-refractivity contribution in [3.05, 3.63) is 58.6 Å². The topological polar surface area (TPSA) is 31.9 Å². The number of H-pyrrole nitrogens is 1. The van der Waals surface area contributed by atoms with Crippen LogP contribution in [0.4, 0.5) is 5.95 Å². The molecule has 3 rings (SSSR count). The lowest BCUT2D eigenvalue weighted by Crippen LogP contribution is -2.21. The molecule has 20 heavy (non-hydrogen) atoms. The molecule has 0 aliphatic carbocycles. The Balaban J connectivity index is 1.73. The van der Waals surface area contributed by atoms with Crippen molar-refractivity contribution in [2.45, 2.75) is 6.42 Å². The molecule has 0 aliphatic rings. The van der Waals surface area contributed by atoms with E-state index in [4.69, 9.17) is 0 Å². The van der Waals surface area contributed by atoms with E-state index in [1.54, 1.807) is 0 Å². The molecule has 0 saturated heterocycles. The summed E-state index contributed by atoms with van der Waals surface area (Å²) in [6.07, 6.45) is 0.981. The summed E-state index contributed by atoms with van der Waals surface area (Å²) in [4.78, 5) is 10.1. The summed E-state index contributed by atoms with van der Waals surface area (Å²) in [5.41, 5.74) is 3.40. The number of likely N-dealkylation sites (N-methyl/N-ethyl adjacent to an activating group) is 1. The third-order valence-electron chi connectivity index (χ3n) is 3.41. The van der Waals surface area contributed by atoms with Gasteiger partial charge in [0.25, 0.3) is 0 Å². The molecule has 1 aromatic heterocycles. The highest BCUT2D eigenvalue weighted by molar-refractivity contribution is 9.10. The van der Waals surface area contributed by atoms with Gasteiger partial charge in [-0.15, -0.1) is 0 Å². The van der Waals surface area contributed by atoms with Crippen molar-refractivity contribution in [1.29, 1.82) is 0 Å². The van der Waals surface area contributed by atoms with Gasteiger partial charge in [0.1, 0.15) is 0 Å². The Morgan fingerprint density at radius 1 is 1.10 bits per heavy atom. The number of rotatable bonds is 4. The fourth-order valence-electron chi connectivity index (χ4n) is 2.22. The van der Waals surface area contributed by atoms with Gasteiger partial charge >= 0.3 is 0 Å². The Hall–Kier alpha value is -1.81.